The van der Waals surface area contributed by atoms with Gasteiger partial charge in [0.05, 0.1) is 23.9 Å². The molecule has 7 heteroatoms. The molecule has 166 valence electrons. The van der Waals surface area contributed by atoms with E-state index in [2.05, 4.69) is 0 Å². The number of carbonyl (C=O) groups is 1. The second-order valence-electron chi connectivity index (χ2n) is 8.17. The summed E-state index contributed by atoms with van der Waals surface area (Å²) in [6.45, 7) is 4.00. The van der Waals surface area contributed by atoms with Gasteiger partial charge in [-0.15, -0.1) is 0 Å². The molecular formula is C25H24F2N2O3. The number of rotatable bonds is 5. The third kappa shape index (κ3) is 4.62. The molecule has 4 rings (SSSR count). The number of esters is 1. The number of halogens is 2. The molecule has 1 aliphatic rings. The molecule has 1 fully saturated rings. The van der Waals surface area contributed by atoms with Gasteiger partial charge in [0.25, 0.3) is 0 Å². The molecule has 0 saturated carbocycles. The van der Waals surface area contributed by atoms with Gasteiger partial charge in [-0.1, -0.05) is 13.8 Å². The van der Waals surface area contributed by atoms with E-state index in [0.29, 0.717) is 17.8 Å². The second-order valence-corrected chi connectivity index (χ2v) is 8.17. The molecule has 0 bridgehead atoms. The van der Waals surface area contributed by atoms with Crippen LogP contribution >= 0.6 is 0 Å². The number of cyclic esters (lactones) is 1. The molecule has 1 N–H and O–H groups in total. The first-order valence-corrected chi connectivity index (χ1v) is 10.5. The lowest BCUT2D eigenvalue weighted by Crippen LogP contribution is -2.31. The fourth-order valence-electron chi connectivity index (χ4n) is 3.81. The molecule has 1 aromatic heterocycles. The van der Waals surface area contributed by atoms with Gasteiger partial charge in [0, 0.05) is 29.7 Å². The molecule has 5 nitrogen and oxygen atoms in total. The van der Waals surface area contributed by atoms with Crippen LogP contribution in [-0.4, -0.2) is 32.8 Å². The summed E-state index contributed by atoms with van der Waals surface area (Å²) < 4.78 is 34.4. The Kier molecular flexibility index (Phi) is 6.19. The Morgan fingerprint density at radius 3 is 2.22 bits per heavy atom. The maximum Gasteiger partial charge on any atom is 0.309 e. The van der Waals surface area contributed by atoms with Crippen molar-refractivity contribution < 1.29 is 23.4 Å². The lowest BCUT2D eigenvalue weighted by Gasteiger charge is -2.23. The SMILES string of the molecule is CC(C)c1nc(-c2ccc(F)cc2)c(-c2ccc(F)cc2)n1C=C[C@H]1C[C@@H](O)CC(=O)O1. The average molecular weight is 438 g/mol. The number of carbonyl (C=O) groups excluding carboxylic acids is 1. The van der Waals surface area contributed by atoms with Crippen LogP contribution in [0, 0.1) is 11.6 Å². The van der Waals surface area contributed by atoms with Gasteiger partial charge in [-0.2, -0.15) is 0 Å². The van der Waals surface area contributed by atoms with E-state index in [1.807, 2.05) is 18.4 Å². The van der Waals surface area contributed by atoms with Crippen LogP contribution in [0.15, 0.2) is 54.6 Å². The number of aliphatic hydroxyl groups excluding tert-OH is 1. The van der Waals surface area contributed by atoms with E-state index in [9.17, 15) is 18.7 Å². The fourth-order valence-corrected chi connectivity index (χ4v) is 3.81. The van der Waals surface area contributed by atoms with Crippen LogP contribution in [-0.2, 0) is 9.53 Å². The molecule has 0 aliphatic carbocycles. The molecule has 0 amide bonds. The first-order chi connectivity index (χ1) is 15.3. The highest BCUT2D eigenvalue weighted by atomic mass is 19.1. The van der Waals surface area contributed by atoms with Crippen LogP contribution in [0.2, 0.25) is 0 Å². The number of aromatic nitrogens is 2. The topological polar surface area (TPSA) is 64.3 Å². The molecule has 0 unspecified atom stereocenters. The van der Waals surface area contributed by atoms with E-state index in [1.165, 1.54) is 24.3 Å². The Labute approximate surface area is 185 Å². The van der Waals surface area contributed by atoms with Crippen molar-refractivity contribution in [2.24, 2.45) is 0 Å². The molecule has 0 spiro atoms. The predicted molar refractivity (Wildman–Crippen MR) is 118 cm³/mol. The summed E-state index contributed by atoms with van der Waals surface area (Å²) in [5.41, 5.74) is 2.79. The second kappa shape index (κ2) is 9.04. The van der Waals surface area contributed by atoms with E-state index in [1.54, 1.807) is 36.5 Å². The first kappa shape index (κ1) is 21.9. The minimum Gasteiger partial charge on any atom is -0.458 e. The highest BCUT2D eigenvalue weighted by Gasteiger charge is 2.26. The normalized spacial score (nSPS) is 19.0. The number of hydrogen-bond acceptors (Lipinski definition) is 4. The summed E-state index contributed by atoms with van der Waals surface area (Å²) in [5, 5.41) is 9.90. The van der Waals surface area contributed by atoms with Gasteiger partial charge in [-0.25, -0.2) is 13.8 Å². The first-order valence-electron chi connectivity index (χ1n) is 10.5. The standard InChI is InChI=1S/C25H24F2N2O3/c1-15(2)25-28-23(16-3-7-18(26)8-4-16)24(17-5-9-19(27)10-6-17)29(25)12-11-21-13-20(30)14-22(31)32-21/h3-12,15,20-21,30H,13-14H2,1-2H3/t20-,21+/m1/s1. The minimum absolute atomic E-state index is 0.0117. The molecule has 2 atom stereocenters. The highest BCUT2D eigenvalue weighted by Crippen LogP contribution is 2.35. The van der Waals surface area contributed by atoms with Crippen molar-refractivity contribution in [1.82, 2.24) is 9.55 Å². The zero-order valence-electron chi connectivity index (χ0n) is 17.8. The molecule has 3 aromatic rings. The Bertz CT molecular complexity index is 1140. The van der Waals surface area contributed by atoms with E-state index in [-0.39, 0.29) is 24.0 Å². The minimum atomic E-state index is -0.746. The third-order valence-electron chi connectivity index (χ3n) is 5.33. The van der Waals surface area contributed by atoms with Gasteiger partial charge in [0.2, 0.25) is 0 Å². The van der Waals surface area contributed by atoms with Gasteiger partial charge >= 0.3 is 5.97 Å². The summed E-state index contributed by atoms with van der Waals surface area (Å²) in [6, 6.07) is 12.1. The van der Waals surface area contributed by atoms with Crippen LogP contribution in [0.1, 0.15) is 38.4 Å². The van der Waals surface area contributed by atoms with E-state index < -0.39 is 18.2 Å². The molecular weight excluding hydrogens is 414 g/mol. The van der Waals surface area contributed by atoms with Crippen LogP contribution in [0.3, 0.4) is 0 Å². The Balaban J connectivity index is 1.86. The number of nitrogens with zero attached hydrogens (tertiary/aromatic N) is 2. The number of benzene rings is 2. The van der Waals surface area contributed by atoms with Gasteiger partial charge in [-0.05, 0) is 54.6 Å². The molecule has 32 heavy (non-hydrogen) atoms. The largest absolute Gasteiger partial charge is 0.458 e. The van der Waals surface area contributed by atoms with Gasteiger partial charge < -0.3 is 14.4 Å². The van der Waals surface area contributed by atoms with Crippen LogP contribution in [0.5, 0.6) is 0 Å². The number of ether oxygens (including phenoxy) is 1. The van der Waals surface area contributed by atoms with Crippen molar-refractivity contribution >= 4 is 12.2 Å². The van der Waals surface area contributed by atoms with Crippen LogP contribution < -0.4 is 0 Å². The number of imidazole rings is 1. The molecule has 0 radical (unpaired) electrons. The molecule has 2 aromatic carbocycles. The zero-order valence-corrected chi connectivity index (χ0v) is 17.8. The van der Waals surface area contributed by atoms with Crippen LogP contribution in [0.4, 0.5) is 8.78 Å². The van der Waals surface area contributed by atoms with Crippen molar-refractivity contribution in [2.45, 2.75) is 44.8 Å². The molecule has 2 heterocycles. The van der Waals surface area contributed by atoms with Crippen molar-refractivity contribution in [3.63, 3.8) is 0 Å². The predicted octanol–water partition coefficient (Wildman–Crippen LogP) is 5.16. The smallest absolute Gasteiger partial charge is 0.309 e. The lowest BCUT2D eigenvalue weighted by atomic mass is 10.0. The number of aliphatic hydroxyl groups is 1. The Morgan fingerprint density at radius 2 is 1.66 bits per heavy atom. The average Bonchev–Trinajstić information content (AvgIpc) is 3.12. The third-order valence-corrected chi connectivity index (χ3v) is 5.33. The quantitative estimate of drug-likeness (QED) is 0.559. The van der Waals surface area contributed by atoms with Crippen molar-refractivity contribution in [2.75, 3.05) is 0 Å². The summed E-state index contributed by atoms with van der Waals surface area (Å²) in [4.78, 5) is 16.5. The lowest BCUT2D eigenvalue weighted by molar-refractivity contribution is -0.156. The molecule has 1 saturated heterocycles. The van der Waals surface area contributed by atoms with Crippen molar-refractivity contribution in [3.8, 4) is 22.5 Å². The highest BCUT2D eigenvalue weighted by molar-refractivity contribution is 5.81. The summed E-state index contributed by atoms with van der Waals surface area (Å²) >= 11 is 0. The van der Waals surface area contributed by atoms with Crippen molar-refractivity contribution in [3.05, 3.63) is 72.1 Å². The summed E-state index contributed by atoms with van der Waals surface area (Å²) in [7, 11) is 0. The van der Waals surface area contributed by atoms with Gasteiger partial charge in [0.15, 0.2) is 0 Å². The molecule has 1 aliphatic heterocycles. The van der Waals surface area contributed by atoms with Gasteiger partial charge in [-0.3, -0.25) is 4.79 Å². The maximum absolute atomic E-state index is 13.6. The van der Waals surface area contributed by atoms with Gasteiger partial charge in [0.1, 0.15) is 23.6 Å². The van der Waals surface area contributed by atoms with Crippen molar-refractivity contribution in [1.29, 1.82) is 0 Å². The van der Waals surface area contributed by atoms with E-state index >= 15 is 0 Å². The van der Waals surface area contributed by atoms with E-state index in [4.69, 9.17) is 9.72 Å². The number of hydrogen-bond donors (Lipinski definition) is 1. The Morgan fingerprint density at radius 1 is 1.06 bits per heavy atom. The Hall–Kier alpha value is -3.32. The summed E-state index contributed by atoms with van der Waals surface area (Å²) in [5.74, 6) is -0.377. The zero-order chi connectivity index (χ0) is 22.8. The maximum atomic E-state index is 13.6. The summed E-state index contributed by atoms with van der Waals surface area (Å²) in [6.07, 6.45) is 2.47. The van der Waals surface area contributed by atoms with Crippen LogP contribution in [0.25, 0.3) is 28.7 Å². The monoisotopic (exact) mass is 438 g/mol. The van der Waals surface area contributed by atoms with E-state index in [0.717, 1.165) is 17.0 Å². The fraction of sp³-hybridized carbons (Fsp3) is 0.280.